The Bertz CT molecular complexity index is 480. The Labute approximate surface area is 69.1 Å². The van der Waals surface area contributed by atoms with Gasteiger partial charge in [-0.15, -0.1) is 0 Å². The van der Waals surface area contributed by atoms with Gasteiger partial charge < -0.3 is 4.57 Å². The van der Waals surface area contributed by atoms with Crippen LogP contribution in [0.1, 0.15) is 5.69 Å². The minimum absolute atomic E-state index is 0.0156. The average molecular weight is 163 g/mol. The van der Waals surface area contributed by atoms with E-state index in [1.165, 1.54) is 0 Å². The van der Waals surface area contributed by atoms with Crippen molar-refractivity contribution in [2.45, 2.75) is 6.92 Å². The van der Waals surface area contributed by atoms with Gasteiger partial charge in [-0.1, -0.05) is 0 Å². The van der Waals surface area contributed by atoms with E-state index in [9.17, 15) is 4.79 Å². The lowest BCUT2D eigenvalue weighted by molar-refractivity contribution is 0.795. The third kappa shape index (κ3) is 0.777. The third-order valence-electron chi connectivity index (χ3n) is 1.90. The van der Waals surface area contributed by atoms with Crippen LogP contribution < -0.4 is 5.56 Å². The summed E-state index contributed by atoms with van der Waals surface area (Å²) in [4.78, 5) is 11.4. The summed E-state index contributed by atoms with van der Waals surface area (Å²) in [5.74, 6) is 0. The summed E-state index contributed by atoms with van der Waals surface area (Å²) in [5, 5.41) is 4.02. The number of hydrogen-bond donors (Lipinski definition) is 0. The highest BCUT2D eigenvalue weighted by Gasteiger charge is 2.02. The first-order valence-electron chi connectivity index (χ1n) is 3.70. The van der Waals surface area contributed by atoms with E-state index in [1.807, 2.05) is 6.92 Å². The van der Waals surface area contributed by atoms with Gasteiger partial charge in [0, 0.05) is 13.2 Å². The van der Waals surface area contributed by atoms with E-state index < -0.39 is 0 Å². The summed E-state index contributed by atoms with van der Waals surface area (Å²) in [6.07, 6.45) is 3.39. The zero-order valence-corrected chi connectivity index (χ0v) is 6.98. The normalized spacial score (nSPS) is 10.8. The lowest BCUT2D eigenvalue weighted by Crippen LogP contribution is -2.19. The van der Waals surface area contributed by atoms with Crippen molar-refractivity contribution < 1.29 is 0 Å². The molecule has 0 bridgehead atoms. The van der Waals surface area contributed by atoms with Gasteiger partial charge in [-0.3, -0.25) is 4.79 Å². The summed E-state index contributed by atoms with van der Waals surface area (Å²) >= 11 is 0. The van der Waals surface area contributed by atoms with Crippen LogP contribution >= 0.6 is 0 Å². The fourth-order valence-corrected chi connectivity index (χ4v) is 1.32. The predicted molar refractivity (Wildman–Crippen MR) is 45.2 cm³/mol. The first-order valence-corrected chi connectivity index (χ1v) is 3.70. The van der Waals surface area contributed by atoms with Crippen LogP contribution in [0.2, 0.25) is 0 Å². The van der Waals surface area contributed by atoms with Gasteiger partial charge in [0.25, 0.3) is 5.56 Å². The molecule has 0 unspecified atom stereocenters. The molecule has 0 aliphatic carbocycles. The first-order chi connectivity index (χ1) is 5.70. The zero-order valence-electron chi connectivity index (χ0n) is 6.98. The standard InChI is InChI=1S/C8H9N3O/c1-6-5-10(2)8(12)7-3-4-9-11(6)7/h3-5H,1-2H3. The largest absolute Gasteiger partial charge is 0.315 e. The number of fused-ring (bicyclic) bond motifs is 1. The molecule has 0 aromatic carbocycles. The Morgan fingerprint density at radius 3 is 3.00 bits per heavy atom. The number of rotatable bonds is 0. The molecule has 0 spiro atoms. The molecule has 0 radical (unpaired) electrons. The Kier molecular flexibility index (Phi) is 1.30. The minimum atomic E-state index is -0.0156. The van der Waals surface area contributed by atoms with Crippen molar-refractivity contribution in [3.63, 3.8) is 0 Å². The molecule has 0 aliphatic rings. The van der Waals surface area contributed by atoms with Gasteiger partial charge in [0.2, 0.25) is 0 Å². The summed E-state index contributed by atoms with van der Waals surface area (Å²) in [7, 11) is 1.74. The molecule has 0 fully saturated rings. The zero-order chi connectivity index (χ0) is 8.72. The molecule has 0 N–H and O–H groups in total. The highest BCUT2D eigenvalue weighted by Crippen LogP contribution is 1.98. The van der Waals surface area contributed by atoms with Gasteiger partial charge in [0.1, 0.15) is 5.52 Å². The maximum atomic E-state index is 11.4. The highest BCUT2D eigenvalue weighted by atomic mass is 16.1. The molecule has 4 heteroatoms. The number of aryl methyl sites for hydroxylation is 2. The van der Waals surface area contributed by atoms with Crippen molar-refractivity contribution in [1.29, 1.82) is 0 Å². The molecule has 2 aromatic rings. The molecule has 2 aromatic heterocycles. The molecular weight excluding hydrogens is 154 g/mol. The Morgan fingerprint density at radius 2 is 2.25 bits per heavy atom. The van der Waals surface area contributed by atoms with Crippen molar-refractivity contribution in [2.75, 3.05) is 0 Å². The molecule has 0 amide bonds. The molecule has 62 valence electrons. The number of aromatic nitrogens is 3. The molecule has 0 saturated carbocycles. The van der Waals surface area contributed by atoms with Gasteiger partial charge in [-0.2, -0.15) is 5.10 Å². The second-order valence-corrected chi connectivity index (χ2v) is 2.81. The van der Waals surface area contributed by atoms with E-state index in [4.69, 9.17) is 0 Å². The molecule has 0 aliphatic heterocycles. The van der Waals surface area contributed by atoms with Crippen LogP contribution in [-0.4, -0.2) is 14.2 Å². The monoisotopic (exact) mass is 163 g/mol. The third-order valence-corrected chi connectivity index (χ3v) is 1.90. The van der Waals surface area contributed by atoms with Crippen molar-refractivity contribution in [2.24, 2.45) is 7.05 Å². The molecule has 4 nitrogen and oxygen atoms in total. The fourth-order valence-electron chi connectivity index (χ4n) is 1.32. The molecule has 0 atom stereocenters. The maximum absolute atomic E-state index is 11.4. The summed E-state index contributed by atoms with van der Waals surface area (Å²) in [6, 6.07) is 1.72. The van der Waals surface area contributed by atoms with E-state index >= 15 is 0 Å². The average Bonchev–Trinajstić information content (AvgIpc) is 2.48. The number of nitrogens with zero attached hydrogens (tertiary/aromatic N) is 3. The molecule has 12 heavy (non-hydrogen) atoms. The smallest absolute Gasteiger partial charge is 0.276 e. The molecule has 2 rings (SSSR count). The van der Waals surface area contributed by atoms with Gasteiger partial charge in [0.15, 0.2) is 0 Å². The summed E-state index contributed by atoms with van der Waals surface area (Å²) in [5.41, 5.74) is 1.56. The minimum Gasteiger partial charge on any atom is -0.315 e. The fraction of sp³-hybridized carbons (Fsp3) is 0.250. The summed E-state index contributed by atoms with van der Waals surface area (Å²) < 4.78 is 3.20. The van der Waals surface area contributed by atoms with Gasteiger partial charge in [-0.05, 0) is 13.0 Å². The topological polar surface area (TPSA) is 39.3 Å². The van der Waals surface area contributed by atoms with Gasteiger partial charge in [0.05, 0.1) is 11.9 Å². The van der Waals surface area contributed by atoms with Crippen LogP contribution in [0.25, 0.3) is 5.52 Å². The van der Waals surface area contributed by atoms with Gasteiger partial charge >= 0.3 is 0 Å². The Morgan fingerprint density at radius 1 is 1.50 bits per heavy atom. The van der Waals surface area contributed by atoms with Crippen LogP contribution in [0.15, 0.2) is 23.3 Å². The van der Waals surface area contributed by atoms with Crippen LogP contribution in [0.4, 0.5) is 0 Å². The molecule has 0 saturated heterocycles. The molecule has 2 heterocycles. The van der Waals surface area contributed by atoms with E-state index in [0.29, 0.717) is 5.52 Å². The Balaban J connectivity index is 3.07. The number of hydrogen-bond acceptors (Lipinski definition) is 2. The maximum Gasteiger partial charge on any atom is 0.276 e. The SMILES string of the molecule is Cc1cn(C)c(=O)c2ccnn12. The van der Waals surface area contributed by atoms with Crippen LogP contribution in [0.5, 0.6) is 0 Å². The second kappa shape index (κ2) is 2.20. The van der Waals surface area contributed by atoms with Crippen LogP contribution in [-0.2, 0) is 7.05 Å². The van der Waals surface area contributed by atoms with Gasteiger partial charge in [-0.25, -0.2) is 4.52 Å². The molecular formula is C8H9N3O. The summed E-state index contributed by atoms with van der Waals surface area (Å²) in [6.45, 7) is 1.92. The highest BCUT2D eigenvalue weighted by molar-refractivity contribution is 5.43. The van der Waals surface area contributed by atoms with Crippen molar-refractivity contribution >= 4 is 5.52 Å². The lowest BCUT2D eigenvalue weighted by atomic mass is 10.4. The van der Waals surface area contributed by atoms with E-state index in [0.717, 1.165) is 5.69 Å². The van der Waals surface area contributed by atoms with Crippen molar-refractivity contribution in [1.82, 2.24) is 14.2 Å². The van der Waals surface area contributed by atoms with Crippen molar-refractivity contribution in [3.8, 4) is 0 Å². The van der Waals surface area contributed by atoms with Crippen LogP contribution in [0, 0.1) is 6.92 Å². The predicted octanol–water partition coefficient (Wildman–Crippen LogP) is 0.341. The first kappa shape index (κ1) is 7.09. The lowest BCUT2D eigenvalue weighted by Gasteiger charge is -2.01. The van der Waals surface area contributed by atoms with Crippen molar-refractivity contribution in [3.05, 3.63) is 34.5 Å². The van der Waals surface area contributed by atoms with E-state index in [2.05, 4.69) is 5.10 Å². The van der Waals surface area contributed by atoms with E-state index in [-0.39, 0.29) is 5.56 Å². The quantitative estimate of drug-likeness (QED) is 0.562. The Hall–Kier alpha value is -1.58. The van der Waals surface area contributed by atoms with E-state index in [1.54, 1.807) is 34.6 Å². The van der Waals surface area contributed by atoms with Crippen LogP contribution in [0.3, 0.4) is 0 Å². The second-order valence-electron chi connectivity index (χ2n) is 2.81.